The van der Waals surface area contributed by atoms with E-state index in [9.17, 15) is 14.4 Å². The average molecular weight is 398 g/mol. The number of Topliss-reactive ketones (excluding diaryl/α,β-unsaturated/α-hetero) is 1. The van der Waals surface area contributed by atoms with Gasteiger partial charge in [0.15, 0.2) is 5.78 Å². The first-order valence-corrected chi connectivity index (χ1v) is 10.7. The van der Waals surface area contributed by atoms with Crippen LogP contribution in [-0.4, -0.2) is 33.7 Å². The predicted octanol–water partition coefficient (Wildman–Crippen LogP) is 3.47. The van der Waals surface area contributed by atoms with Crippen LogP contribution in [-0.2, 0) is 16.8 Å². The van der Waals surface area contributed by atoms with Crippen molar-refractivity contribution in [1.82, 2.24) is 14.8 Å². The van der Waals surface area contributed by atoms with Gasteiger partial charge in [0.05, 0.1) is 6.54 Å². The molecule has 1 saturated heterocycles. The van der Waals surface area contributed by atoms with Crippen molar-refractivity contribution >= 4 is 29.1 Å². The van der Waals surface area contributed by atoms with Crippen LogP contribution in [0.3, 0.4) is 0 Å². The lowest BCUT2D eigenvalue weighted by molar-refractivity contribution is -0.131. The van der Waals surface area contributed by atoms with Crippen LogP contribution < -0.4 is 5.32 Å². The van der Waals surface area contributed by atoms with Crippen molar-refractivity contribution in [3.05, 3.63) is 44.9 Å². The van der Waals surface area contributed by atoms with Crippen LogP contribution in [0.15, 0.2) is 17.5 Å². The fourth-order valence-corrected chi connectivity index (χ4v) is 5.87. The van der Waals surface area contributed by atoms with Crippen molar-refractivity contribution in [2.24, 2.45) is 0 Å². The molecule has 3 amide bonds. The summed E-state index contributed by atoms with van der Waals surface area (Å²) < 4.78 is 2.21. The van der Waals surface area contributed by atoms with E-state index < -0.39 is 11.6 Å². The molecule has 1 atom stereocenters. The van der Waals surface area contributed by atoms with Gasteiger partial charge in [0.2, 0.25) is 0 Å². The van der Waals surface area contributed by atoms with Crippen LogP contribution in [0.5, 0.6) is 0 Å². The van der Waals surface area contributed by atoms with Crippen LogP contribution >= 0.6 is 11.3 Å². The van der Waals surface area contributed by atoms with E-state index in [4.69, 9.17) is 0 Å². The molecule has 5 rings (SSSR count). The molecule has 1 spiro atoms. The normalized spacial score (nSPS) is 24.0. The van der Waals surface area contributed by atoms with Crippen LogP contribution in [0.2, 0.25) is 0 Å². The predicted molar refractivity (Wildman–Crippen MR) is 106 cm³/mol. The second kappa shape index (κ2) is 6.04. The van der Waals surface area contributed by atoms with E-state index in [2.05, 4.69) is 9.88 Å². The van der Waals surface area contributed by atoms with Gasteiger partial charge in [0.25, 0.3) is 5.91 Å². The molecule has 2 aromatic rings. The Labute approximate surface area is 167 Å². The van der Waals surface area contributed by atoms with Crippen LogP contribution in [0.1, 0.15) is 63.9 Å². The Bertz CT molecular complexity index is 1020. The topological polar surface area (TPSA) is 71.4 Å². The molecule has 0 bridgehead atoms. The Morgan fingerprint density at radius 2 is 2.11 bits per heavy atom. The zero-order valence-electron chi connectivity index (χ0n) is 16.1. The molecular formula is C21H23N3O3S. The molecule has 2 fully saturated rings. The lowest BCUT2D eigenvalue weighted by Gasteiger charge is -2.31. The van der Waals surface area contributed by atoms with Gasteiger partial charge < -0.3 is 9.88 Å². The number of carbonyl (C=O) groups excluding carboxylic acids is 3. The van der Waals surface area contributed by atoms with Gasteiger partial charge in [0, 0.05) is 33.4 Å². The third-order valence-electron chi connectivity index (χ3n) is 6.34. The maximum atomic E-state index is 13.3. The van der Waals surface area contributed by atoms with Crippen LogP contribution in [0.4, 0.5) is 4.79 Å². The number of carbonyl (C=O) groups is 3. The molecule has 0 aromatic carbocycles. The number of nitrogens with one attached hydrogen (secondary N) is 1. The number of rotatable bonds is 4. The highest BCUT2D eigenvalue weighted by Gasteiger charge is 2.54. The molecule has 1 saturated carbocycles. The minimum absolute atomic E-state index is 0.179. The zero-order chi connectivity index (χ0) is 19.6. The van der Waals surface area contributed by atoms with Crippen molar-refractivity contribution < 1.29 is 14.4 Å². The van der Waals surface area contributed by atoms with E-state index in [1.54, 1.807) is 11.3 Å². The van der Waals surface area contributed by atoms with Gasteiger partial charge >= 0.3 is 6.03 Å². The molecule has 7 heteroatoms. The highest BCUT2D eigenvalue weighted by Crippen LogP contribution is 2.42. The Morgan fingerprint density at radius 3 is 2.86 bits per heavy atom. The van der Waals surface area contributed by atoms with E-state index >= 15 is 0 Å². The van der Waals surface area contributed by atoms with Crippen molar-refractivity contribution in [1.29, 1.82) is 0 Å². The van der Waals surface area contributed by atoms with E-state index in [1.807, 2.05) is 31.4 Å². The SMILES string of the molecule is Cc1cc(C(=O)CN2C(=O)N[C@]3(CCCc4sccc43)C2=O)c(C)n1C1CC1. The van der Waals surface area contributed by atoms with E-state index in [-0.39, 0.29) is 18.2 Å². The largest absolute Gasteiger partial charge is 0.345 e. The average Bonchev–Trinajstić information content (AvgIpc) is 3.21. The molecule has 2 aliphatic carbocycles. The molecule has 0 unspecified atom stereocenters. The van der Waals surface area contributed by atoms with E-state index in [0.29, 0.717) is 18.0 Å². The fourth-order valence-electron chi connectivity index (χ4n) is 4.87. The Kier molecular flexibility index (Phi) is 3.81. The number of aromatic nitrogens is 1. The summed E-state index contributed by atoms with van der Waals surface area (Å²) in [4.78, 5) is 41.2. The summed E-state index contributed by atoms with van der Waals surface area (Å²) in [6.07, 6.45) is 4.65. The quantitative estimate of drug-likeness (QED) is 0.634. The number of ketones is 1. The maximum Gasteiger partial charge on any atom is 0.325 e. The van der Waals surface area contributed by atoms with Crippen molar-refractivity contribution in [2.75, 3.05) is 6.54 Å². The Balaban J connectivity index is 1.43. The summed E-state index contributed by atoms with van der Waals surface area (Å²) in [5, 5.41) is 4.88. The minimum atomic E-state index is -0.990. The molecule has 3 heterocycles. The number of hydrogen-bond acceptors (Lipinski definition) is 4. The van der Waals surface area contributed by atoms with Crippen LogP contribution in [0.25, 0.3) is 0 Å². The highest BCUT2D eigenvalue weighted by atomic mass is 32.1. The second-order valence-corrected chi connectivity index (χ2v) is 9.15. The lowest BCUT2D eigenvalue weighted by atomic mass is 9.80. The molecule has 1 aliphatic heterocycles. The summed E-state index contributed by atoms with van der Waals surface area (Å²) in [6.45, 7) is 3.75. The van der Waals surface area contributed by atoms with E-state index in [1.165, 1.54) is 0 Å². The minimum Gasteiger partial charge on any atom is -0.345 e. The molecule has 146 valence electrons. The number of thiophene rings is 1. The first kappa shape index (κ1) is 17.7. The lowest BCUT2D eigenvalue weighted by Crippen LogP contribution is -2.46. The number of aryl methyl sites for hydroxylation is 2. The van der Waals surface area contributed by atoms with Crippen LogP contribution in [0, 0.1) is 13.8 Å². The summed E-state index contributed by atoms with van der Waals surface area (Å²) in [5.74, 6) is -0.469. The smallest absolute Gasteiger partial charge is 0.325 e. The van der Waals surface area contributed by atoms with Crippen molar-refractivity contribution in [3.8, 4) is 0 Å². The van der Waals surface area contributed by atoms with E-state index in [0.717, 1.165) is 52.4 Å². The summed E-state index contributed by atoms with van der Waals surface area (Å²) >= 11 is 1.62. The summed E-state index contributed by atoms with van der Waals surface area (Å²) in [7, 11) is 0. The first-order valence-electron chi connectivity index (χ1n) is 9.85. The molecule has 28 heavy (non-hydrogen) atoms. The van der Waals surface area contributed by atoms with Gasteiger partial charge in [-0.15, -0.1) is 11.3 Å². The van der Waals surface area contributed by atoms with Crippen molar-refractivity contribution in [2.45, 2.75) is 57.5 Å². The van der Waals surface area contributed by atoms with Crippen molar-refractivity contribution in [3.63, 3.8) is 0 Å². The third-order valence-corrected chi connectivity index (χ3v) is 7.32. The zero-order valence-corrected chi connectivity index (χ0v) is 16.9. The number of fused-ring (bicyclic) bond motifs is 2. The van der Waals surface area contributed by atoms with Gasteiger partial charge in [-0.1, -0.05) is 0 Å². The van der Waals surface area contributed by atoms with Gasteiger partial charge in [-0.2, -0.15) is 0 Å². The number of hydrogen-bond donors (Lipinski definition) is 1. The standard InChI is InChI=1S/C21H23N3O3S/c1-12-10-15(13(2)24(12)14-5-6-14)17(25)11-23-19(26)21(22-20(23)27)8-3-4-18-16(21)7-9-28-18/h7,9-10,14H,3-6,8,11H2,1-2H3,(H,22,27)/t21-/m0/s1. The second-order valence-electron chi connectivity index (χ2n) is 8.15. The summed E-state index contributed by atoms with van der Waals surface area (Å²) in [5.41, 5.74) is 2.53. The molecular weight excluding hydrogens is 374 g/mol. The number of imide groups is 1. The Morgan fingerprint density at radius 1 is 1.32 bits per heavy atom. The molecule has 0 radical (unpaired) electrons. The first-order chi connectivity index (χ1) is 13.4. The number of urea groups is 1. The molecule has 2 aromatic heterocycles. The fraction of sp³-hybridized carbons (Fsp3) is 0.476. The summed E-state index contributed by atoms with van der Waals surface area (Å²) in [6, 6.07) is 3.85. The molecule has 1 N–H and O–H groups in total. The molecule has 6 nitrogen and oxygen atoms in total. The molecule has 3 aliphatic rings. The van der Waals surface area contributed by atoms with Gasteiger partial charge in [-0.25, -0.2) is 4.79 Å². The Hall–Kier alpha value is -2.41. The van der Waals surface area contributed by atoms with Gasteiger partial charge in [0.1, 0.15) is 5.54 Å². The monoisotopic (exact) mass is 397 g/mol. The van der Waals surface area contributed by atoms with Gasteiger partial charge in [-0.3, -0.25) is 14.5 Å². The highest BCUT2D eigenvalue weighted by molar-refractivity contribution is 7.10. The van der Waals surface area contributed by atoms with Gasteiger partial charge in [-0.05, 0) is 63.5 Å². The third kappa shape index (κ3) is 2.42. The number of nitrogens with zero attached hydrogens (tertiary/aromatic N) is 2. The number of amides is 3. The maximum absolute atomic E-state index is 13.3.